The number of nitrogens with zero attached hydrogens (tertiary/aromatic N) is 1. The molecule has 0 aliphatic rings. The maximum Gasteiger partial charge on any atom is 0.258 e. The van der Waals surface area contributed by atoms with Gasteiger partial charge in [-0.3, -0.25) is 14.4 Å². The molecule has 0 atom stereocenters. The summed E-state index contributed by atoms with van der Waals surface area (Å²) in [7, 11) is 1.73. The summed E-state index contributed by atoms with van der Waals surface area (Å²) in [6.07, 6.45) is 0. The van der Waals surface area contributed by atoms with E-state index in [-0.39, 0.29) is 24.3 Å². The molecule has 3 N–H and O–H groups in total. The Balaban J connectivity index is 1.53. The van der Waals surface area contributed by atoms with Crippen LogP contribution in [0.2, 0.25) is 0 Å². The maximum absolute atomic E-state index is 12.7. The van der Waals surface area contributed by atoms with Crippen molar-refractivity contribution >= 4 is 40.5 Å². The fourth-order valence-electron chi connectivity index (χ4n) is 3.07. The van der Waals surface area contributed by atoms with E-state index in [0.717, 1.165) is 11.4 Å². The third kappa shape index (κ3) is 6.68. The van der Waals surface area contributed by atoms with Gasteiger partial charge in [0.15, 0.2) is 0 Å². The number of rotatable bonds is 7. The fraction of sp³-hybridized carbons (Fsp3) is 0.222. The lowest BCUT2D eigenvalue weighted by molar-refractivity contribution is -0.123. The average Bonchev–Trinajstić information content (AvgIpc) is 2.82. The first-order chi connectivity index (χ1) is 16.1. The molecule has 176 valence electrons. The molecule has 0 unspecified atom stereocenters. The fourth-order valence-corrected chi connectivity index (χ4v) is 3.07. The summed E-state index contributed by atoms with van der Waals surface area (Å²) in [5, 5.41) is 8.71. The molecule has 7 nitrogen and oxygen atoms in total. The van der Waals surface area contributed by atoms with E-state index in [4.69, 9.17) is 0 Å². The molecule has 3 aromatic carbocycles. The van der Waals surface area contributed by atoms with Crippen molar-refractivity contribution in [2.75, 3.05) is 34.4 Å². The lowest BCUT2D eigenvalue weighted by Crippen LogP contribution is -2.27. The summed E-state index contributed by atoms with van der Waals surface area (Å²) >= 11 is 0. The van der Waals surface area contributed by atoms with Gasteiger partial charge in [0.2, 0.25) is 11.8 Å². The molecule has 0 bridgehead atoms. The maximum atomic E-state index is 12.7. The summed E-state index contributed by atoms with van der Waals surface area (Å²) in [5.41, 5.74) is 2.78. The van der Waals surface area contributed by atoms with E-state index in [9.17, 15) is 14.4 Å². The number of hydrogen-bond acceptors (Lipinski definition) is 4. The van der Waals surface area contributed by atoms with Crippen molar-refractivity contribution in [1.29, 1.82) is 0 Å². The van der Waals surface area contributed by atoms with Crippen LogP contribution in [0.25, 0.3) is 0 Å². The van der Waals surface area contributed by atoms with Crippen molar-refractivity contribution in [2.24, 2.45) is 5.41 Å². The van der Waals surface area contributed by atoms with Crippen LogP contribution >= 0.6 is 0 Å². The van der Waals surface area contributed by atoms with Crippen molar-refractivity contribution < 1.29 is 14.4 Å². The number of amides is 3. The second kappa shape index (κ2) is 10.7. The lowest BCUT2D eigenvalue weighted by Gasteiger charge is -2.18. The minimum atomic E-state index is -0.514. The Bertz CT molecular complexity index is 1150. The monoisotopic (exact) mass is 458 g/mol. The number of para-hydroxylation sites is 1. The van der Waals surface area contributed by atoms with Gasteiger partial charge in [-0.15, -0.1) is 0 Å². The van der Waals surface area contributed by atoms with Gasteiger partial charge < -0.3 is 20.9 Å². The molecule has 3 rings (SSSR count). The topological polar surface area (TPSA) is 90.5 Å². The number of anilines is 4. The minimum absolute atomic E-state index is 0.0514. The molecular formula is C27H30N4O3. The second-order valence-electron chi connectivity index (χ2n) is 8.96. The molecule has 0 spiro atoms. The van der Waals surface area contributed by atoms with Gasteiger partial charge in [-0.2, -0.15) is 0 Å². The summed E-state index contributed by atoms with van der Waals surface area (Å²) in [6.45, 7) is 5.56. The number of carbonyl (C=O) groups is 3. The van der Waals surface area contributed by atoms with Crippen LogP contribution in [0.15, 0.2) is 78.9 Å². The van der Waals surface area contributed by atoms with Crippen LogP contribution < -0.4 is 20.9 Å². The Hall–Kier alpha value is -4.13. The van der Waals surface area contributed by atoms with Gasteiger partial charge >= 0.3 is 0 Å². The Morgan fingerprint density at radius 1 is 0.765 bits per heavy atom. The predicted molar refractivity (Wildman–Crippen MR) is 137 cm³/mol. The Labute approximate surface area is 200 Å². The highest BCUT2D eigenvalue weighted by molar-refractivity contribution is 6.06. The summed E-state index contributed by atoms with van der Waals surface area (Å²) in [6, 6.07) is 23.4. The molecular weight excluding hydrogens is 428 g/mol. The molecule has 34 heavy (non-hydrogen) atoms. The van der Waals surface area contributed by atoms with Crippen LogP contribution in [0.4, 0.5) is 22.7 Å². The van der Waals surface area contributed by atoms with Crippen LogP contribution in [0.5, 0.6) is 0 Å². The van der Waals surface area contributed by atoms with Gasteiger partial charge in [0, 0.05) is 40.8 Å². The van der Waals surface area contributed by atoms with E-state index in [1.165, 1.54) is 0 Å². The largest absolute Gasteiger partial charge is 0.376 e. The van der Waals surface area contributed by atoms with E-state index >= 15 is 0 Å². The first-order valence-corrected chi connectivity index (χ1v) is 11.0. The molecule has 0 aliphatic carbocycles. The van der Waals surface area contributed by atoms with E-state index < -0.39 is 5.41 Å². The van der Waals surface area contributed by atoms with E-state index in [1.807, 2.05) is 51.1 Å². The van der Waals surface area contributed by atoms with Gasteiger partial charge in [0.25, 0.3) is 5.91 Å². The molecule has 3 aromatic rings. The van der Waals surface area contributed by atoms with Crippen molar-refractivity contribution in [1.82, 2.24) is 0 Å². The molecule has 0 aliphatic heterocycles. The molecule has 0 saturated carbocycles. The van der Waals surface area contributed by atoms with E-state index in [1.54, 1.807) is 60.5 Å². The molecule has 0 radical (unpaired) electrons. The number of hydrogen-bond donors (Lipinski definition) is 3. The number of benzene rings is 3. The van der Waals surface area contributed by atoms with Crippen LogP contribution in [0.3, 0.4) is 0 Å². The standard InChI is InChI=1S/C27H30N4O3/c1-27(2,3)26(34)30-22-10-8-9-21(17-22)29-24(32)18-28-20-15-13-19(14-16-20)25(33)31(4)23-11-6-5-7-12-23/h5-17,28H,18H2,1-4H3,(H,29,32)(H,30,34). The van der Waals surface area contributed by atoms with Gasteiger partial charge in [0.1, 0.15) is 0 Å². The molecule has 0 fully saturated rings. The molecule has 0 aromatic heterocycles. The Morgan fingerprint density at radius 2 is 1.38 bits per heavy atom. The Kier molecular flexibility index (Phi) is 7.68. The quantitative estimate of drug-likeness (QED) is 0.465. The highest BCUT2D eigenvalue weighted by atomic mass is 16.2. The first kappa shape index (κ1) is 24.5. The first-order valence-electron chi connectivity index (χ1n) is 11.0. The Morgan fingerprint density at radius 3 is 2.00 bits per heavy atom. The summed E-state index contributed by atoms with van der Waals surface area (Å²) < 4.78 is 0. The van der Waals surface area contributed by atoms with Crippen molar-refractivity contribution in [2.45, 2.75) is 20.8 Å². The zero-order chi connectivity index (χ0) is 24.7. The molecule has 0 heterocycles. The normalized spacial score (nSPS) is 10.8. The summed E-state index contributed by atoms with van der Waals surface area (Å²) in [5.74, 6) is -0.452. The van der Waals surface area contributed by atoms with Crippen molar-refractivity contribution in [3.8, 4) is 0 Å². The van der Waals surface area contributed by atoms with Gasteiger partial charge in [-0.25, -0.2) is 0 Å². The highest BCUT2D eigenvalue weighted by Crippen LogP contribution is 2.20. The predicted octanol–water partition coefficient (Wildman–Crippen LogP) is 5.00. The third-order valence-electron chi connectivity index (χ3n) is 5.12. The SMILES string of the molecule is CN(C(=O)c1ccc(NCC(=O)Nc2cccc(NC(=O)C(C)(C)C)c2)cc1)c1ccccc1. The van der Waals surface area contributed by atoms with E-state index in [0.29, 0.717) is 16.9 Å². The van der Waals surface area contributed by atoms with Crippen LogP contribution in [0, 0.1) is 5.41 Å². The molecule has 3 amide bonds. The van der Waals surface area contributed by atoms with Crippen molar-refractivity contribution in [3.05, 3.63) is 84.4 Å². The smallest absolute Gasteiger partial charge is 0.258 e. The third-order valence-corrected chi connectivity index (χ3v) is 5.12. The van der Waals surface area contributed by atoms with Gasteiger partial charge in [-0.1, -0.05) is 45.0 Å². The average molecular weight is 459 g/mol. The zero-order valence-electron chi connectivity index (χ0n) is 19.9. The highest BCUT2D eigenvalue weighted by Gasteiger charge is 2.21. The summed E-state index contributed by atoms with van der Waals surface area (Å²) in [4.78, 5) is 38.8. The number of nitrogens with one attached hydrogen (secondary N) is 3. The second-order valence-corrected chi connectivity index (χ2v) is 8.96. The van der Waals surface area contributed by atoms with Gasteiger partial charge in [-0.05, 0) is 54.6 Å². The molecule has 7 heteroatoms. The van der Waals surface area contributed by atoms with Crippen LogP contribution in [0.1, 0.15) is 31.1 Å². The lowest BCUT2D eigenvalue weighted by atomic mass is 9.95. The van der Waals surface area contributed by atoms with Crippen molar-refractivity contribution in [3.63, 3.8) is 0 Å². The van der Waals surface area contributed by atoms with Crippen LogP contribution in [-0.2, 0) is 9.59 Å². The van der Waals surface area contributed by atoms with E-state index in [2.05, 4.69) is 16.0 Å². The van der Waals surface area contributed by atoms with Crippen LogP contribution in [-0.4, -0.2) is 31.3 Å². The van der Waals surface area contributed by atoms with Gasteiger partial charge in [0.05, 0.1) is 6.54 Å². The minimum Gasteiger partial charge on any atom is -0.376 e. The molecule has 0 saturated heterocycles. The zero-order valence-corrected chi connectivity index (χ0v) is 19.9. The number of carbonyl (C=O) groups excluding carboxylic acids is 3.